The SMILES string of the molecule is C#CCOC[C@H](O)CN(Cc1cccc(F)c1)C[C@@H]1CC(c2ccc(Cl)cc2)=NO1. The maximum Gasteiger partial charge on any atom is 0.145 e. The normalized spacial score (nSPS) is 16.8. The summed E-state index contributed by atoms with van der Waals surface area (Å²) < 4.78 is 18.8. The zero-order chi connectivity index (χ0) is 21.3. The van der Waals surface area contributed by atoms with Gasteiger partial charge in [-0.25, -0.2) is 4.39 Å². The predicted molar refractivity (Wildman–Crippen MR) is 115 cm³/mol. The number of halogens is 2. The molecular weight excluding hydrogens is 407 g/mol. The summed E-state index contributed by atoms with van der Waals surface area (Å²) in [5.74, 6) is 2.08. The first-order chi connectivity index (χ1) is 14.5. The number of rotatable bonds is 10. The van der Waals surface area contributed by atoms with Crippen molar-refractivity contribution in [2.24, 2.45) is 5.16 Å². The van der Waals surface area contributed by atoms with E-state index in [2.05, 4.69) is 11.1 Å². The smallest absolute Gasteiger partial charge is 0.145 e. The van der Waals surface area contributed by atoms with Crippen molar-refractivity contribution in [2.75, 3.05) is 26.3 Å². The highest BCUT2D eigenvalue weighted by molar-refractivity contribution is 6.30. The van der Waals surface area contributed by atoms with E-state index in [1.807, 2.05) is 35.2 Å². The Kier molecular flexibility index (Phi) is 8.23. The van der Waals surface area contributed by atoms with Crippen LogP contribution in [0.15, 0.2) is 53.7 Å². The van der Waals surface area contributed by atoms with Crippen molar-refractivity contribution in [1.29, 1.82) is 0 Å². The third-order valence-corrected chi connectivity index (χ3v) is 4.88. The lowest BCUT2D eigenvalue weighted by Crippen LogP contribution is -2.39. The van der Waals surface area contributed by atoms with Crippen LogP contribution >= 0.6 is 11.6 Å². The number of hydrogen-bond acceptors (Lipinski definition) is 5. The van der Waals surface area contributed by atoms with Crippen LogP contribution in [0.25, 0.3) is 0 Å². The second-order valence-corrected chi connectivity index (χ2v) is 7.61. The van der Waals surface area contributed by atoms with Crippen LogP contribution in [0.2, 0.25) is 5.02 Å². The lowest BCUT2D eigenvalue weighted by molar-refractivity contribution is 0.00417. The third kappa shape index (κ3) is 6.82. The van der Waals surface area contributed by atoms with Crippen LogP contribution in [0.5, 0.6) is 0 Å². The summed E-state index contributed by atoms with van der Waals surface area (Å²) in [6.07, 6.45) is 4.89. The van der Waals surface area contributed by atoms with Crippen LogP contribution in [0, 0.1) is 18.2 Å². The molecule has 158 valence electrons. The largest absolute Gasteiger partial charge is 0.390 e. The summed E-state index contributed by atoms with van der Waals surface area (Å²) in [7, 11) is 0. The van der Waals surface area contributed by atoms with E-state index in [1.165, 1.54) is 12.1 Å². The number of aliphatic hydroxyl groups is 1. The van der Waals surface area contributed by atoms with Gasteiger partial charge in [0.2, 0.25) is 0 Å². The summed E-state index contributed by atoms with van der Waals surface area (Å²) in [6.45, 7) is 1.58. The molecule has 0 aromatic heterocycles. The minimum atomic E-state index is -0.732. The molecule has 2 atom stereocenters. The summed E-state index contributed by atoms with van der Waals surface area (Å²) in [5, 5.41) is 15.2. The number of ether oxygens (including phenoxy) is 1. The summed E-state index contributed by atoms with van der Waals surface area (Å²) in [6, 6.07) is 13.9. The molecule has 0 amide bonds. The number of benzene rings is 2. The first kappa shape index (κ1) is 22.3. The highest BCUT2D eigenvalue weighted by Gasteiger charge is 2.26. The summed E-state index contributed by atoms with van der Waals surface area (Å²) in [5.41, 5.74) is 2.62. The fourth-order valence-corrected chi connectivity index (χ4v) is 3.45. The van der Waals surface area contributed by atoms with E-state index in [-0.39, 0.29) is 25.1 Å². The highest BCUT2D eigenvalue weighted by Crippen LogP contribution is 2.20. The molecule has 0 saturated carbocycles. The zero-order valence-corrected chi connectivity index (χ0v) is 17.3. The molecule has 0 fully saturated rings. The van der Waals surface area contributed by atoms with Crippen molar-refractivity contribution in [3.05, 3.63) is 70.5 Å². The van der Waals surface area contributed by atoms with Crippen molar-refractivity contribution in [2.45, 2.75) is 25.2 Å². The Labute approximate surface area is 181 Å². The second kappa shape index (κ2) is 11.1. The van der Waals surface area contributed by atoms with Gasteiger partial charge in [-0.15, -0.1) is 6.42 Å². The summed E-state index contributed by atoms with van der Waals surface area (Å²) in [4.78, 5) is 7.63. The zero-order valence-electron chi connectivity index (χ0n) is 16.5. The number of aliphatic hydroxyl groups excluding tert-OH is 1. The molecule has 0 bridgehead atoms. The van der Waals surface area contributed by atoms with Crippen molar-refractivity contribution >= 4 is 17.3 Å². The Morgan fingerprint density at radius 2 is 2.13 bits per heavy atom. The van der Waals surface area contributed by atoms with E-state index in [0.717, 1.165) is 16.8 Å². The van der Waals surface area contributed by atoms with Gasteiger partial charge in [0, 0.05) is 31.1 Å². The van der Waals surface area contributed by atoms with Crippen LogP contribution < -0.4 is 0 Å². The number of terminal acetylenes is 1. The van der Waals surface area contributed by atoms with Crippen molar-refractivity contribution < 1.29 is 19.1 Å². The molecule has 3 rings (SSSR count). The van der Waals surface area contributed by atoms with Crippen LogP contribution in [0.4, 0.5) is 4.39 Å². The van der Waals surface area contributed by atoms with Crippen molar-refractivity contribution in [3.8, 4) is 12.3 Å². The van der Waals surface area contributed by atoms with E-state index >= 15 is 0 Å². The quantitative estimate of drug-likeness (QED) is 0.463. The first-order valence-electron chi connectivity index (χ1n) is 9.68. The summed E-state index contributed by atoms with van der Waals surface area (Å²) >= 11 is 5.95. The average molecular weight is 431 g/mol. The molecule has 0 unspecified atom stereocenters. The maximum atomic E-state index is 13.6. The minimum absolute atomic E-state index is 0.127. The van der Waals surface area contributed by atoms with Gasteiger partial charge in [-0.1, -0.05) is 46.9 Å². The lowest BCUT2D eigenvalue weighted by atomic mass is 10.0. The van der Waals surface area contributed by atoms with Gasteiger partial charge in [0.1, 0.15) is 18.5 Å². The highest BCUT2D eigenvalue weighted by atomic mass is 35.5. The van der Waals surface area contributed by atoms with Gasteiger partial charge in [0.05, 0.1) is 18.4 Å². The van der Waals surface area contributed by atoms with Gasteiger partial charge >= 0.3 is 0 Å². The Hall–Kier alpha value is -2.43. The Morgan fingerprint density at radius 3 is 2.87 bits per heavy atom. The molecule has 5 nitrogen and oxygen atoms in total. The molecule has 0 spiro atoms. The molecule has 1 aliphatic rings. The molecule has 0 aliphatic carbocycles. The molecule has 1 aliphatic heterocycles. The molecule has 0 saturated heterocycles. The standard InChI is InChI=1S/C23H24ClFN2O3/c1-2-10-29-16-21(28)14-27(13-17-4-3-5-20(25)11-17)15-22-12-23(26-30-22)18-6-8-19(24)9-7-18/h1,3-9,11,21-22,28H,10,12-16H2/t21-,22+/m1/s1. The molecule has 0 radical (unpaired) electrons. The van der Waals surface area contributed by atoms with Gasteiger partial charge < -0.3 is 14.7 Å². The van der Waals surface area contributed by atoms with Crippen LogP contribution in [-0.4, -0.2) is 54.2 Å². The average Bonchev–Trinajstić information content (AvgIpc) is 3.17. The third-order valence-electron chi connectivity index (χ3n) is 4.63. The van der Waals surface area contributed by atoms with E-state index in [4.69, 9.17) is 27.6 Å². The lowest BCUT2D eigenvalue weighted by Gasteiger charge is -2.27. The fraction of sp³-hybridized carbons (Fsp3) is 0.348. The van der Waals surface area contributed by atoms with E-state index in [9.17, 15) is 9.50 Å². The molecule has 1 heterocycles. The number of hydrogen-bond donors (Lipinski definition) is 1. The molecular formula is C23H24ClFN2O3. The molecule has 7 heteroatoms. The van der Waals surface area contributed by atoms with Gasteiger partial charge in [-0.2, -0.15) is 0 Å². The van der Waals surface area contributed by atoms with Gasteiger partial charge in [0.15, 0.2) is 0 Å². The Bertz CT molecular complexity index is 898. The van der Waals surface area contributed by atoms with E-state index < -0.39 is 6.10 Å². The van der Waals surface area contributed by atoms with E-state index in [0.29, 0.717) is 31.1 Å². The first-order valence-corrected chi connectivity index (χ1v) is 10.1. The van der Waals surface area contributed by atoms with Crippen molar-refractivity contribution in [1.82, 2.24) is 4.90 Å². The minimum Gasteiger partial charge on any atom is -0.390 e. The predicted octanol–water partition coefficient (Wildman–Crippen LogP) is 3.49. The van der Waals surface area contributed by atoms with Gasteiger partial charge in [0.25, 0.3) is 0 Å². The van der Waals surface area contributed by atoms with E-state index in [1.54, 1.807) is 6.07 Å². The van der Waals surface area contributed by atoms with Gasteiger partial charge in [-0.05, 0) is 35.4 Å². The molecule has 2 aromatic carbocycles. The Morgan fingerprint density at radius 1 is 1.33 bits per heavy atom. The topological polar surface area (TPSA) is 54.3 Å². The Balaban J connectivity index is 1.61. The van der Waals surface area contributed by atoms with Crippen molar-refractivity contribution in [3.63, 3.8) is 0 Å². The van der Waals surface area contributed by atoms with Gasteiger partial charge in [-0.3, -0.25) is 4.90 Å². The monoisotopic (exact) mass is 430 g/mol. The fourth-order valence-electron chi connectivity index (χ4n) is 3.33. The molecule has 30 heavy (non-hydrogen) atoms. The number of oxime groups is 1. The van der Waals surface area contributed by atoms with Crippen LogP contribution in [-0.2, 0) is 16.1 Å². The maximum absolute atomic E-state index is 13.6. The van der Waals surface area contributed by atoms with Crippen LogP contribution in [0.1, 0.15) is 17.5 Å². The molecule has 2 aromatic rings. The van der Waals surface area contributed by atoms with Crippen LogP contribution in [0.3, 0.4) is 0 Å². The second-order valence-electron chi connectivity index (χ2n) is 7.17. The molecule has 1 N–H and O–H groups in total. The number of nitrogens with zero attached hydrogens (tertiary/aromatic N) is 2.